The van der Waals surface area contributed by atoms with Gasteiger partial charge in [0.1, 0.15) is 16.9 Å². The minimum Gasteiger partial charge on any atom is -0.486 e. The number of carbonyl (C=O) groups excluding carboxylic acids is 2. The molecule has 2 heterocycles. The Morgan fingerprint density at radius 2 is 1.89 bits per heavy atom. The molecular weight excluding hydrogens is 620 g/mol. The molecule has 2 amide bonds. The highest BCUT2D eigenvalue weighted by Crippen LogP contribution is 2.35. The van der Waals surface area contributed by atoms with Crippen LogP contribution in [0.1, 0.15) is 34.6 Å². The third-order valence-electron chi connectivity index (χ3n) is 7.72. The van der Waals surface area contributed by atoms with Gasteiger partial charge in [-0.3, -0.25) is 9.59 Å². The Bertz CT molecular complexity index is 1770. The Morgan fingerprint density at radius 1 is 1.18 bits per heavy atom. The van der Waals surface area contributed by atoms with Gasteiger partial charge in [0.05, 0.1) is 35.3 Å². The number of nitrogens with zero attached hydrogens (tertiary/aromatic N) is 3. The Morgan fingerprint density at radius 3 is 2.53 bits per heavy atom. The van der Waals surface area contributed by atoms with E-state index in [9.17, 15) is 27.5 Å². The van der Waals surface area contributed by atoms with E-state index in [1.807, 2.05) is 12.3 Å². The van der Waals surface area contributed by atoms with Crippen LogP contribution in [-0.4, -0.2) is 78.4 Å². The lowest BCUT2D eigenvalue weighted by Gasteiger charge is -2.38. The summed E-state index contributed by atoms with van der Waals surface area (Å²) < 4.78 is 47.8. The molecule has 10 nitrogen and oxygen atoms in total. The number of rotatable bonds is 9. The molecule has 0 aliphatic carbocycles. The highest BCUT2D eigenvalue weighted by atomic mass is 32.2. The zero-order valence-electron chi connectivity index (χ0n) is 24.9. The molecule has 2 N–H and O–H groups in total. The number of thiazole rings is 1. The topological polar surface area (TPSA) is 129 Å². The lowest BCUT2D eigenvalue weighted by Crippen LogP contribution is -2.50. The number of para-hydroxylation sites is 1. The first-order valence-electron chi connectivity index (χ1n) is 14.2. The van der Waals surface area contributed by atoms with Gasteiger partial charge in [-0.1, -0.05) is 25.1 Å². The third-order valence-corrected chi connectivity index (χ3v) is 10.4. The second kappa shape index (κ2) is 13.4. The summed E-state index contributed by atoms with van der Waals surface area (Å²) in [6, 6.07) is 15.7. The van der Waals surface area contributed by atoms with Crippen LogP contribution < -0.4 is 10.1 Å². The van der Waals surface area contributed by atoms with Crippen molar-refractivity contribution in [3.05, 3.63) is 95.3 Å². The molecule has 0 spiro atoms. The molecule has 1 aliphatic heterocycles. The number of likely N-dealkylation sites (N-methyl/N-ethyl adjacent to an activating group) is 1. The first-order chi connectivity index (χ1) is 21.5. The molecule has 0 bridgehead atoms. The van der Waals surface area contributed by atoms with Crippen molar-refractivity contribution < 1.29 is 32.2 Å². The molecule has 0 fully saturated rings. The molecule has 3 atom stereocenters. The molecule has 0 saturated heterocycles. The summed E-state index contributed by atoms with van der Waals surface area (Å²) in [5.74, 6) is -1.70. The van der Waals surface area contributed by atoms with E-state index in [0.29, 0.717) is 5.56 Å². The van der Waals surface area contributed by atoms with Crippen LogP contribution in [0.5, 0.6) is 5.75 Å². The summed E-state index contributed by atoms with van der Waals surface area (Å²) in [5.41, 5.74) is 1.63. The summed E-state index contributed by atoms with van der Waals surface area (Å²) in [6.45, 7) is 3.32. The van der Waals surface area contributed by atoms with E-state index in [-0.39, 0.29) is 41.6 Å². The Kier molecular flexibility index (Phi) is 9.63. The highest BCUT2D eigenvalue weighted by molar-refractivity contribution is 7.89. The maximum Gasteiger partial charge on any atom is 0.258 e. The van der Waals surface area contributed by atoms with Crippen LogP contribution in [0.15, 0.2) is 83.2 Å². The van der Waals surface area contributed by atoms with Gasteiger partial charge in [-0.15, -0.1) is 11.3 Å². The summed E-state index contributed by atoms with van der Waals surface area (Å²) in [6.07, 6.45) is 0.929. The number of aliphatic hydroxyl groups is 1. The molecule has 1 aliphatic rings. The van der Waals surface area contributed by atoms with E-state index in [0.717, 1.165) is 27.0 Å². The number of halogens is 1. The maximum atomic E-state index is 13.8. The summed E-state index contributed by atoms with van der Waals surface area (Å²) in [4.78, 5) is 32.9. The molecule has 236 valence electrons. The average Bonchev–Trinajstić information content (AvgIpc) is 3.58. The zero-order chi connectivity index (χ0) is 32.3. The number of anilines is 1. The molecule has 0 saturated carbocycles. The van der Waals surface area contributed by atoms with Gasteiger partial charge in [0.25, 0.3) is 11.8 Å². The zero-order valence-corrected chi connectivity index (χ0v) is 26.5. The van der Waals surface area contributed by atoms with E-state index in [1.54, 1.807) is 55.6 Å². The Hall–Kier alpha value is -4.17. The van der Waals surface area contributed by atoms with Gasteiger partial charge in [0, 0.05) is 42.2 Å². The number of aromatic nitrogens is 1. The van der Waals surface area contributed by atoms with Crippen LogP contribution in [-0.2, 0) is 10.0 Å². The van der Waals surface area contributed by atoms with E-state index < -0.39 is 45.7 Å². The minimum absolute atomic E-state index is 0.0789. The van der Waals surface area contributed by atoms with Crippen molar-refractivity contribution in [2.24, 2.45) is 5.92 Å². The predicted octanol–water partition coefficient (Wildman–Crippen LogP) is 4.74. The van der Waals surface area contributed by atoms with Crippen molar-refractivity contribution in [1.29, 1.82) is 0 Å². The normalized spacial score (nSPS) is 17.6. The molecule has 1 aromatic heterocycles. The fourth-order valence-corrected chi connectivity index (χ4v) is 6.85. The number of hydrogen-bond acceptors (Lipinski definition) is 8. The molecule has 3 aromatic carbocycles. The smallest absolute Gasteiger partial charge is 0.258 e. The number of fused-ring (bicyclic) bond motifs is 1. The number of amides is 2. The SMILES string of the molecule is C[C@H](CO)N1C[C@H](C)[C@@H](CN(C)S(=O)(=O)c2ccc(F)cc2)Oc2c(NC(=O)c3ccc(-c4nccs4)cc3)cccc2C1=O. The van der Waals surface area contributed by atoms with E-state index in [4.69, 9.17) is 4.74 Å². The summed E-state index contributed by atoms with van der Waals surface area (Å²) >= 11 is 1.49. The molecular formula is C32H33FN4O6S2. The van der Waals surface area contributed by atoms with Gasteiger partial charge in [0.15, 0.2) is 5.75 Å². The lowest BCUT2D eigenvalue weighted by molar-refractivity contribution is 0.0388. The first kappa shape index (κ1) is 32.2. The molecule has 4 aromatic rings. The fraction of sp³-hybridized carbons (Fsp3) is 0.281. The van der Waals surface area contributed by atoms with Crippen molar-refractivity contribution in [3.63, 3.8) is 0 Å². The third kappa shape index (κ3) is 6.91. The molecule has 45 heavy (non-hydrogen) atoms. The van der Waals surface area contributed by atoms with Crippen LogP contribution in [0.3, 0.4) is 0 Å². The van der Waals surface area contributed by atoms with Gasteiger partial charge >= 0.3 is 0 Å². The quantitative estimate of drug-likeness (QED) is 0.267. The van der Waals surface area contributed by atoms with E-state index >= 15 is 0 Å². The second-order valence-electron chi connectivity index (χ2n) is 10.9. The number of ether oxygens (including phenoxy) is 1. The van der Waals surface area contributed by atoms with Crippen molar-refractivity contribution in [3.8, 4) is 16.3 Å². The number of benzene rings is 3. The number of aliphatic hydroxyl groups excluding tert-OH is 1. The van der Waals surface area contributed by atoms with Crippen LogP contribution >= 0.6 is 11.3 Å². The number of hydrogen-bond donors (Lipinski definition) is 2. The van der Waals surface area contributed by atoms with Crippen molar-refractivity contribution in [2.75, 3.05) is 32.1 Å². The number of sulfonamides is 1. The minimum atomic E-state index is -4.01. The average molecular weight is 653 g/mol. The molecule has 13 heteroatoms. The highest BCUT2D eigenvalue weighted by Gasteiger charge is 2.36. The van der Waals surface area contributed by atoms with Crippen LogP contribution in [0.25, 0.3) is 10.6 Å². The lowest BCUT2D eigenvalue weighted by atomic mass is 9.99. The Labute approximate surface area is 265 Å². The second-order valence-corrected chi connectivity index (χ2v) is 13.9. The van der Waals surface area contributed by atoms with Crippen LogP contribution in [0, 0.1) is 11.7 Å². The van der Waals surface area contributed by atoms with Gasteiger partial charge < -0.3 is 20.1 Å². The van der Waals surface area contributed by atoms with Gasteiger partial charge in [-0.05, 0) is 55.5 Å². The Balaban J connectivity index is 1.47. The van der Waals surface area contributed by atoms with Crippen LogP contribution in [0.4, 0.5) is 10.1 Å². The van der Waals surface area contributed by atoms with Gasteiger partial charge in [-0.2, -0.15) is 4.31 Å². The molecule has 0 radical (unpaired) electrons. The van der Waals surface area contributed by atoms with Gasteiger partial charge in [-0.25, -0.2) is 17.8 Å². The standard InChI is InChI=1S/C32H33FN4O6S2/c1-20-17-37(21(2)19-38)32(40)26-5-4-6-27(35-30(39)22-7-9-23(10-8-22)31-34-15-16-44-31)29(26)43-28(20)18-36(3)45(41,42)25-13-11-24(33)12-14-25/h4-16,20-21,28,38H,17-19H2,1-3H3,(H,35,39)/t20-,21+,28+/m0/s1. The van der Waals surface area contributed by atoms with Crippen LogP contribution in [0.2, 0.25) is 0 Å². The predicted molar refractivity (Wildman–Crippen MR) is 169 cm³/mol. The summed E-state index contributed by atoms with van der Waals surface area (Å²) in [5, 5.41) is 15.5. The first-order valence-corrected chi connectivity index (χ1v) is 16.6. The largest absolute Gasteiger partial charge is 0.486 e. The summed E-state index contributed by atoms with van der Waals surface area (Å²) in [7, 11) is -2.62. The van der Waals surface area contributed by atoms with Crippen molar-refractivity contribution in [1.82, 2.24) is 14.2 Å². The van der Waals surface area contributed by atoms with E-state index in [1.165, 1.54) is 35.4 Å². The monoisotopic (exact) mass is 652 g/mol. The van der Waals surface area contributed by atoms with Crippen molar-refractivity contribution in [2.45, 2.75) is 30.9 Å². The fourth-order valence-electron chi connectivity index (χ4n) is 5.02. The molecule has 0 unspecified atom stereocenters. The van der Waals surface area contributed by atoms with Crippen molar-refractivity contribution >= 4 is 38.9 Å². The van der Waals surface area contributed by atoms with Gasteiger partial charge in [0.2, 0.25) is 10.0 Å². The maximum absolute atomic E-state index is 13.8. The van der Waals surface area contributed by atoms with E-state index in [2.05, 4.69) is 10.3 Å². The molecule has 5 rings (SSSR count). The number of carbonyl (C=O) groups is 2. The number of nitrogens with one attached hydrogen (secondary N) is 1.